The Hall–Kier alpha value is -3.09. The van der Waals surface area contributed by atoms with Gasteiger partial charge in [-0.05, 0) is 30.2 Å². The van der Waals surface area contributed by atoms with Gasteiger partial charge in [-0.3, -0.25) is 14.9 Å². The van der Waals surface area contributed by atoms with Crippen molar-refractivity contribution in [1.82, 2.24) is 5.32 Å². The van der Waals surface area contributed by atoms with Crippen molar-refractivity contribution >= 4 is 11.6 Å². The second kappa shape index (κ2) is 7.96. The number of benzene rings is 2. The average molecular weight is 330 g/mol. The minimum absolute atomic E-state index is 0.0492. The van der Waals surface area contributed by atoms with Gasteiger partial charge in [0.05, 0.1) is 19.1 Å². The van der Waals surface area contributed by atoms with Crippen LogP contribution in [0.2, 0.25) is 0 Å². The first-order valence-corrected chi connectivity index (χ1v) is 7.28. The van der Waals surface area contributed by atoms with Gasteiger partial charge in [0.15, 0.2) is 11.5 Å². The highest BCUT2D eigenvalue weighted by molar-refractivity contribution is 5.94. The lowest BCUT2D eigenvalue weighted by molar-refractivity contribution is -0.384. The number of nitro groups is 1. The van der Waals surface area contributed by atoms with Crippen molar-refractivity contribution in [1.29, 1.82) is 0 Å². The van der Waals surface area contributed by atoms with E-state index < -0.39 is 4.92 Å². The Bertz CT molecular complexity index is 728. The monoisotopic (exact) mass is 330 g/mol. The number of ether oxygens (including phenoxy) is 2. The Morgan fingerprint density at radius 1 is 1.08 bits per heavy atom. The first-order valence-electron chi connectivity index (χ1n) is 7.28. The SMILES string of the molecule is COc1ccc(C(=O)NCCc2ccc([N+](=O)[O-])cc2)cc1OC. The molecule has 1 amide bonds. The van der Waals surface area contributed by atoms with E-state index >= 15 is 0 Å². The normalized spacial score (nSPS) is 10.1. The highest BCUT2D eigenvalue weighted by Crippen LogP contribution is 2.27. The van der Waals surface area contributed by atoms with Gasteiger partial charge >= 0.3 is 0 Å². The largest absolute Gasteiger partial charge is 0.493 e. The number of nitrogens with zero attached hydrogens (tertiary/aromatic N) is 1. The molecule has 0 atom stereocenters. The lowest BCUT2D eigenvalue weighted by Crippen LogP contribution is -2.25. The molecule has 0 fully saturated rings. The summed E-state index contributed by atoms with van der Waals surface area (Å²) in [5.41, 5.74) is 1.43. The summed E-state index contributed by atoms with van der Waals surface area (Å²) in [4.78, 5) is 22.3. The van der Waals surface area contributed by atoms with Gasteiger partial charge in [0.25, 0.3) is 11.6 Å². The first kappa shape index (κ1) is 17.3. The van der Waals surface area contributed by atoms with Crippen LogP contribution in [-0.4, -0.2) is 31.6 Å². The van der Waals surface area contributed by atoms with E-state index in [0.29, 0.717) is 30.0 Å². The molecule has 2 aromatic rings. The molecule has 7 nitrogen and oxygen atoms in total. The number of hydrogen-bond acceptors (Lipinski definition) is 5. The molecule has 0 bridgehead atoms. The highest BCUT2D eigenvalue weighted by Gasteiger charge is 2.10. The van der Waals surface area contributed by atoms with Gasteiger partial charge in [-0.1, -0.05) is 12.1 Å². The molecule has 7 heteroatoms. The molecule has 0 unspecified atom stereocenters. The predicted octanol–water partition coefficient (Wildman–Crippen LogP) is 2.58. The van der Waals surface area contributed by atoms with Crippen LogP contribution < -0.4 is 14.8 Å². The zero-order valence-corrected chi connectivity index (χ0v) is 13.4. The minimum atomic E-state index is -0.442. The Kier molecular flexibility index (Phi) is 5.73. The fourth-order valence-corrected chi connectivity index (χ4v) is 2.18. The van der Waals surface area contributed by atoms with E-state index in [2.05, 4.69) is 5.32 Å². The zero-order valence-electron chi connectivity index (χ0n) is 13.4. The maximum Gasteiger partial charge on any atom is 0.269 e. The predicted molar refractivity (Wildman–Crippen MR) is 88.7 cm³/mol. The Morgan fingerprint density at radius 2 is 1.75 bits per heavy atom. The van der Waals surface area contributed by atoms with Gasteiger partial charge in [0.1, 0.15) is 0 Å². The van der Waals surface area contributed by atoms with Crippen molar-refractivity contribution in [2.75, 3.05) is 20.8 Å². The van der Waals surface area contributed by atoms with Gasteiger partial charge in [-0.15, -0.1) is 0 Å². The summed E-state index contributed by atoms with van der Waals surface area (Å²) in [6, 6.07) is 11.2. The molecule has 0 aliphatic rings. The quantitative estimate of drug-likeness (QED) is 0.622. The molecular weight excluding hydrogens is 312 g/mol. The van der Waals surface area contributed by atoms with Crippen molar-refractivity contribution in [2.24, 2.45) is 0 Å². The van der Waals surface area contributed by atoms with Gasteiger partial charge in [-0.2, -0.15) is 0 Å². The van der Waals surface area contributed by atoms with Crippen LogP contribution >= 0.6 is 0 Å². The maximum atomic E-state index is 12.1. The van der Waals surface area contributed by atoms with E-state index in [4.69, 9.17) is 9.47 Å². The third kappa shape index (κ3) is 4.22. The van der Waals surface area contributed by atoms with Crippen LogP contribution in [0, 0.1) is 10.1 Å². The Morgan fingerprint density at radius 3 is 2.33 bits per heavy atom. The van der Waals surface area contributed by atoms with Crippen molar-refractivity contribution in [3.05, 3.63) is 63.7 Å². The van der Waals surface area contributed by atoms with Crippen LogP contribution in [0.25, 0.3) is 0 Å². The van der Waals surface area contributed by atoms with Crippen molar-refractivity contribution in [3.63, 3.8) is 0 Å². The lowest BCUT2D eigenvalue weighted by Gasteiger charge is -2.10. The van der Waals surface area contributed by atoms with E-state index in [9.17, 15) is 14.9 Å². The van der Waals surface area contributed by atoms with Crippen LogP contribution in [0.5, 0.6) is 11.5 Å². The third-order valence-corrected chi connectivity index (χ3v) is 3.49. The number of methoxy groups -OCH3 is 2. The number of carbonyl (C=O) groups is 1. The van der Waals surface area contributed by atoms with Gasteiger partial charge in [0, 0.05) is 24.2 Å². The third-order valence-electron chi connectivity index (χ3n) is 3.49. The van der Waals surface area contributed by atoms with E-state index in [1.807, 2.05) is 0 Å². The van der Waals surface area contributed by atoms with Crippen LogP contribution in [0.15, 0.2) is 42.5 Å². The standard InChI is InChI=1S/C17H18N2O5/c1-23-15-8-5-13(11-16(15)24-2)17(20)18-10-9-12-3-6-14(7-4-12)19(21)22/h3-8,11H,9-10H2,1-2H3,(H,18,20). The summed E-state index contributed by atoms with van der Waals surface area (Å²) in [6.45, 7) is 0.422. The van der Waals surface area contributed by atoms with E-state index in [-0.39, 0.29) is 11.6 Å². The number of hydrogen-bond donors (Lipinski definition) is 1. The molecule has 0 aromatic heterocycles. The van der Waals surface area contributed by atoms with Gasteiger partial charge in [0.2, 0.25) is 0 Å². The zero-order chi connectivity index (χ0) is 17.5. The van der Waals surface area contributed by atoms with E-state index in [0.717, 1.165) is 5.56 Å². The molecule has 126 valence electrons. The molecule has 0 aliphatic heterocycles. The molecule has 0 saturated carbocycles. The molecule has 2 aromatic carbocycles. The summed E-state index contributed by atoms with van der Waals surface area (Å²) in [5, 5.41) is 13.4. The lowest BCUT2D eigenvalue weighted by atomic mass is 10.1. The molecular formula is C17H18N2O5. The second-order valence-electron chi connectivity index (χ2n) is 5.00. The molecule has 0 spiro atoms. The summed E-state index contributed by atoms with van der Waals surface area (Å²) < 4.78 is 10.3. The van der Waals surface area contributed by atoms with Crippen molar-refractivity contribution in [3.8, 4) is 11.5 Å². The summed E-state index contributed by atoms with van der Waals surface area (Å²) >= 11 is 0. The highest BCUT2D eigenvalue weighted by atomic mass is 16.6. The number of nitro benzene ring substituents is 1. The Balaban J connectivity index is 1.92. The van der Waals surface area contributed by atoms with E-state index in [1.165, 1.54) is 26.4 Å². The van der Waals surface area contributed by atoms with Crippen LogP contribution in [0.1, 0.15) is 15.9 Å². The number of non-ortho nitro benzene ring substituents is 1. The van der Waals surface area contributed by atoms with Crippen LogP contribution in [0.3, 0.4) is 0 Å². The topological polar surface area (TPSA) is 90.7 Å². The number of nitrogens with one attached hydrogen (secondary N) is 1. The fraction of sp³-hybridized carbons (Fsp3) is 0.235. The summed E-state index contributed by atoms with van der Waals surface area (Å²) in [6.07, 6.45) is 0.580. The fourth-order valence-electron chi connectivity index (χ4n) is 2.18. The molecule has 0 aliphatic carbocycles. The molecule has 1 N–H and O–H groups in total. The maximum absolute atomic E-state index is 12.1. The first-order chi connectivity index (χ1) is 11.5. The number of carbonyl (C=O) groups excluding carboxylic acids is 1. The summed E-state index contributed by atoms with van der Waals surface area (Å²) in [7, 11) is 3.04. The van der Waals surface area contributed by atoms with Crippen molar-refractivity contribution in [2.45, 2.75) is 6.42 Å². The number of rotatable bonds is 7. The molecule has 0 heterocycles. The number of amides is 1. The molecule has 0 radical (unpaired) electrons. The Labute approximate surface area is 139 Å². The average Bonchev–Trinajstić information content (AvgIpc) is 2.61. The molecule has 0 saturated heterocycles. The van der Waals surface area contributed by atoms with Crippen LogP contribution in [-0.2, 0) is 6.42 Å². The van der Waals surface area contributed by atoms with Gasteiger partial charge in [-0.25, -0.2) is 0 Å². The van der Waals surface area contributed by atoms with Crippen LogP contribution in [0.4, 0.5) is 5.69 Å². The summed E-state index contributed by atoms with van der Waals surface area (Å²) in [5.74, 6) is 0.818. The van der Waals surface area contributed by atoms with Crippen molar-refractivity contribution < 1.29 is 19.2 Å². The molecule has 2 rings (SSSR count). The van der Waals surface area contributed by atoms with E-state index in [1.54, 1.807) is 30.3 Å². The second-order valence-corrected chi connectivity index (χ2v) is 5.00. The molecule has 24 heavy (non-hydrogen) atoms. The smallest absolute Gasteiger partial charge is 0.269 e. The van der Waals surface area contributed by atoms with Gasteiger partial charge < -0.3 is 14.8 Å². The minimum Gasteiger partial charge on any atom is -0.493 e.